The van der Waals surface area contributed by atoms with E-state index in [1.165, 1.54) is 7.11 Å². The molecule has 0 radical (unpaired) electrons. The van der Waals surface area contributed by atoms with Crippen LogP contribution in [0.4, 0.5) is 4.79 Å². The largest absolute Gasteiger partial charge is 0.453 e. The van der Waals surface area contributed by atoms with Crippen LogP contribution in [0.2, 0.25) is 0 Å². The maximum atomic E-state index is 11.7. The Morgan fingerprint density at radius 3 is 2.89 bits per heavy atom. The number of aromatic nitrogens is 3. The summed E-state index contributed by atoms with van der Waals surface area (Å²) in [6, 6.07) is -0.671. The van der Waals surface area contributed by atoms with Gasteiger partial charge in [-0.25, -0.2) is 4.79 Å². The highest BCUT2D eigenvalue weighted by Crippen LogP contribution is 1.97. The Hall–Kier alpha value is -2.12. The summed E-state index contributed by atoms with van der Waals surface area (Å²) in [7, 11) is 1.24. The van der Waals surface area contributed by atoms with Crippen LogP contribution >= 0.6 is 0 Å². The van der Waals surface area contributed by atoms with Crippen LogP contribution in [0.5, 0.6) is 0 Å². The van der Waals surface area contributed by atoms with Gasteiger partial charge in [-0.1, -0.05) is 6.92 Å². The smallest absolute Gasteiger partial charge is 0.407 e. The Labute approximate surface area is 111 Å². The number of methoxy groups -OCH3 is 1. The minimum atomic E-state index is -0.671. The van der Waals surface area contributed by atoms with Gasteiger partial charge in [-0.15, -0.1) is 10.2 Å². The molecule has 1 aromatic rings. The van der Waals surface area contributed by atoms with Gasteiger partial charge < -0.3 is 19.9 Å². The molecule has 0 fully saturated rings. The van der Waals surface area contributed by atoms with Gasteiger partial charge in [0.2, 0.25) is 5.91 Å². The third-order valence-electron chi connectivity index (χ3n) is 2.49. The number of aryl methyl sites for hydroxylation is 1. The number of hydrogen-bond donors (Lipinski definition) is 2. The molecule has 1 atom stereocenters. The SMILES string of the molecule is CCCn1cnnc1CNC(=O)C(C)NC(=O)OC. The molecule has 106 valence electrons. The van der Waals surface area contributed by atoms with Crippen molar-refractivity contribution in [1.82, 2.24) is 25.4 Å². The molecule has 0 aliphatic rings. The van der Waals surface area contributed by atoms with Gasteiger partial charge in [0.1, 0.15) is 12.4 Å². The van der Waals surface area contributed by atoms with Crippen LogP contribution in [0, 0.1) is 0 Å². The van der Waals surface area contributed by atoms with Gasteiger partial charge in [-0.2, -0.15) is 0 Å². The summed E-state index contributed by atoms with van der Waals surface area (Å²) in [6.45, 7) is 4.69. The molecule has 0 saturated carbocycles. The third kappa shape index (κ3) is 4.57. The summed E-state index contributed by atoms with van der Waals surface area (Å²) < 4.78 is 6.29. The maximum absolute atomic E-state index is 11.7. The average molecular weight is 269 g/mol. The van der Waals surface area contributed by atoms with Crippen molar-refractivity contribution >= 4 is 12.0 Å². The standard InChI is InChI=1S/C11H19N5O3/c1-4-5-16-7-13-15-9(16)6-12-10(17)8(2)14-11(18)19-3/h7-8H,4-6H2,1-3H3,(H,12,17)(H,14,18). The lowest BCUT2D eigenvalue weighted by Crippen LogP contribution is -2.44. The van der Waals surface area contributed by atoms with Crippen molar-refractivity contribution in [2.75, 3.05) is 7.11 Å². The zero-order valence-corrected chi connectivity index (χ0v) is 11.3. The predicted octanol–water partition coefficient (Wildman–Crippen LogP) is 0.0488. The summed E-state index contributed by atoms with van der Waals surface area (Å²) in [4.78, 5) is 22.7. The zero-order valence-electron chi connectivity index (χ0n) is 11.3. The maximum Gasteiger partial charge on any atom is 0.407 e. The fourth-order valence-corrected chi connectivity index (χ4v) is 1.46. The van der Waals surface area contributed by atoms with Crippen LogP contribution < -0.4 is 10.6 Å². The molecule has 2 N–H and O–H groups in total. The van der Waals surface area contributed by atoms with Crippen LogP contribution in [0.25, 0.3) is 0 Å². The molecular weight excluding hydrogens is 250 g/mol. The highest BCUT2D eigenvalue weighted by Gasteiger charge is 2.16. The molecule has 0 spiro atoms. The molecule has 8 heteroatoms. The van der Waals surface area contributed by atoms with E-state index in [0.717, 1.165) is 13.0 Å². The topological polar surface area (TPSA) is 98.1 Å². The van der Waals surface area contributed by atoms with E-state index < -0.39 is 12.1 Å². The van der Waals surface area contributed by atoms with Crippen LogP contribution in [-0.2, 0) is 22.6 Å². The van der Waals surface area contributed by atoms with Gasteiger partial charge in [0.05, 0.1) is 13.7 Å². The van der Waals surface area contributed by atoms with Crippen molar-refractivity contribution in [2.45, 2.75) is 39.4 Å². The van der Waals surface area contributed by atoms with Gasteiger partial charge in [0.25, 0.3) is 0 Å². The van der Waals surface area contributed by atoms with Crippen molar-refractivity contribution in [2.24, 2.45) is 0 Å². The molecule has 0 aliphatic heterocycles. The second-order valence-corrected chi connectivity index (χ2v) is 4.02. The lowest BCUT2D eigenvalue weighted by Gasteiger charge is -2.13. The number of carbonyl (C=O) groups is 2. The first-order valence-electron chi connectivity index (χ1n) is 6.07. The fourth-order valence-electron chi connectivity index (χ4n) is 1.46. The Balaban J connectivity index is 2.45. The summed E-state index contributed by atoms with van der Waals surface area (Å²) >= 11 is 0. The van der Waals surface area contributed by atoms with Crippen molar-refractivity contribution in [3.8, 4) is 0 Å². The highest BCUT2D eigenvalue weighted by atomic mass is 16.5. The van der Waals surface area contributed by atoms with Crippen LogP contribution in [0.3, 0.4) is 0 Å². The third-order valence-corrected chi connectivity index (χ3v) is 2.49. The number of ether oxygens (including phenoxy) is 1. The number of nitrogens with zero attached hydrogens (tertiary/aromatic N) is 3. The molecule has 1 heterocycles. The summed E-state index contributed by atoms with van der Waals surface area (Å²) in [6.07, 6.45) is 1.94. The minimum Gasteiger partial charge on any atom is -0.453 e. The first-order chi connectivity index (χ1) is 9.08. The van der Waals surface area contributed by atoms with E-state index in [9.17, 15) is 9.59 Å². The number of rotatable bonds is 6. The fraction of sp³-hybridized carbons (Fsp3) is 0.636. The number of carbonyl (C=O) groups excluding carboxylic acids is 2. The Morgan fingerprint density at radius 1 is 1.53 bits per heavy atom. The molecule has 19 heavy (non-hydrogen) atoms. The Kier molecular flexibility index (Phi) is 5.77. The first kappa shape index (κ1) is 14.9. The number of amides is 2. The lowest BCUT2D eigenvalue weighted by molar-refractivity contribution is -0.122. The molecular formula is C11H19N5O3. The summed E-state index contributed by atoms with van der Waals surface area (Å²) in [5.74, 6) is 0.372. The monoisotopic (exact) mass is 269 g/mol. The first-order valence-corrected chi connectivity index (χ1v) is 6.07. The van der Waals surface area contributed by atoms with Crippen LogP contribution in [0.15, 0.2) is 6.33 Å². The van der Waals surface area contributed by atoms with Crippen molar-refractivity contribution in [1.29, 1.82) is 0 Å². The van der Waals surface area contributed by atoms with E-state index in [2.05, 4.69) is 25.6 Å². The second-order valence-electron chi connectivity index (χ2n) is 4.02. The van der Waals surface area contributed by atoms with E-state index in [1.54, 1.807) is 13.3 Å². The molecule has 0 saturated heterocycles. The van der Waals surface area contributed by atoms with Gasteiger partial charge in [0, 0.05) is 6.54 Å². The summed E-state index contributed by atoms with van der Waals surface area (Å²) in [5.41, 5.74) is 0. The number of nitrogens with one attached hydrogen (secondary N) is 2. The Morgan fingerprint density at radius 2 is 2.26 bits per heavy atom. The average Bonchev–Trinajstić information content (AvgIpc) is 2.83. The van der Waals surface area contributed by atoms with E-state index in [0.29, 0.717) is 5.82 Å². The van der Waals surface area contributed by atoms with Crippen LogP contribution in [0.1, 0.15) is 26.1 Å². The molecule has 1 unspecified atom stereocenters. The molecule has 1 aromatic heterocycles. The van der Waals surface area contributed by atoms with Gasteiger partial charge in [0.15, 0.2) is 5.82 Å². The highest BCUT2D eigenvalue weighted by molar-refractivity contribution is 5.85. The van der Waals surface area contributed by atoms with Gasteiger partial charge in [-0.05, 0) is 13.3 Å². The second kappa shape index (κ2) is 7.34. The Bertz CT molecular complexity index is 432. The molecule has 1 rings (SSSR count). The molecule has 8 nitrogen and oxygen atoms in total. The number of hydrogen-bond acceptors (Lipinski definition) is 5. The summed E-state index contributed by atoms with van der Waals surface area (Å²) in [5, 5.41) is 12.8. The van der Waals surface area contributed by atoms with E-state index in [4.69, 9.17) is 0 Å². The van der Waals surface area contributed by atoms with E-state index in [1.807, 2.05) is 11.5 Å². The minimum absolute atomic E-state index is 0.270. The van der Waals surface area contributed by atoms with Crippen LogP contribution in [-0.4, -0.2) is 39.9 Å². The molecule has 0 aliphatic carbocycles. The van der Waals surface area contributed by atoms with Crippen molar-refractivity contribution in [3.05, 3.63) is 12.2 Å². The predicted molar refractivity (Wildman–Crippen MR) is 67.2 cm³/mol. The molecule has 0 bridgehead atoms. The van der Waals surface area contributed by atoms with Crippen molar-refractivity contribution < 1.29 is 14.3 Å². The lowest BCUT2D eigenvalue weighted by atomic mass is 10.3. The quantitative estimate of drug-likeness (QED) is 0.760. The van der Waals surface area contributed by atoms with Crippen molar-refractivity contribution in [3.63, 3.8) is 0 Å². The molecule has 0 aromatic carbocycles. The van der Waals surface area contributed by atoms with E-state index >= 15 is 0 Å². The number of alkyl carbamates (subject to hydrolysis) is 1. The van der Waals surface area contributed by atoms with Gasteiger partial charge in [-0.3, -0.25) is 4.79 Å². The van der Waals surface area contributed by atoms with Gasteiger partial charge >= 0.3 is 6.09 Å². The normalized spacial score (nSPS) is 11.7. The zero-order chi connectivity index (χ0) is 14.3. The molecule has 2 amide bonds. The van der Waals surface area contributed by atoms with E-state index in [-0.39, 0.29) is 12.5 Å².